The number of carbonyl (C=O) groups is 1. The summed E-state index contributed by atoms with van der Waals surface area (Å²) in [6.45, 7) is 16.7. The van der Waals surface area contributed by atoms with Gasteiger partial charge >= 0.3 is 0 Å². The van der Waals surface area contributed by atoms with Crippen LogP contribution < -0.4 is 0 Å². The van der Waals surface area contributed by atoms with Crippen molar-refractivity contribution in [3.05, 3.63) is 22.8 Å². The Morgan fingerprint density at radius 3 is 2.29 bits per heavy atom. The SMILES string of the molecule is CC1(C)CCC2=C(C1)C1=CC(=O)[C@@H]3[C@@]4(C)CC[C@H](O)C(C)(C)[C@@H]4CC[C@@]3(C)[C@]1(C)CC2. The Labute approximate surface area is 190 Å². The largest absolute Gasteiger partial charge is 0.393 e. The lowest BCUT2D eigenvalue weighted by atomic mass is 9.35. The first-order valence-corrected chi connectivity index (χ1v) is 12.9. The van der Waals surface area contributed by atoms with Gasteiger partial charge in [0.2, 0.25) is 0 Å². The topological polar surface area (TPSA) is 37.3 Å². The van der Waals surface area contributed by atoms with E-state index in [0.29, 0.717) is 17.1 Å². The fourth-order valence-corrected chi connectivity index (χ4v) is 9.50. The van der Waals surface area contributed by atoms with Crippen LogP contribution in [0.25, 0.3) is 0 Å². The molecule has 172 valence electrons. The van der Waals surface area contributed by atoms with Crippen molar-refractivity contribution in [2.75, 3.05) is 0 Å². The fraction of sp³-hybridized carbons (Fsp3) is 0.828. The molecule has 0 heterocycles. The van der Waals surface area contributed by atoms with Gasteiger partial charge in [-0.2, -0.15) is 0 Å². The highest BCUT2D eigenvalue weighted by molar-refractivity contribution is 5.96. The minimum atomic E-state index is -0.248. The molecule has 0 unspecified atom stereocenters. The molecule has 0 bridgehead atoms. The Kier molecular flexibility index (Phi) is 4.50. The number of aliphatic hydroxyl groups excluding tert-OH is 1. The molecule has 31 heavy (non-hydrogen) atoms. The zero-order valence-electron chi connectivity index (χ0n) is 21.0. The van der Waals surface area contributed by atoms with E-state index in [4.69, 9.17) is 0 Å². The summed E-state index contributed by atoms with van der Waals surface area (Å²) < 4.78 is 0. The van der Waals surface area contributed by atoms with Crippen LogP contribution in [0.5, 0.6) is 0 Å². The Hall–Kier alpha value is -0.890. The minimum absolute atomic E-state index is 0.0118. The first-order chi connectivity index (χ1) is 14.3. The van der Waals surface area contributed by atoms with Crippen molar-refractivity contribution in [3.63, 3.8) is 0 Å². The molecule has 0 aromatic carbocycles. The van der Waals surface area contributed by atoms with Crippen molar-refractivity contribution in [2.24, 2.45) is 38.9 Å². The maximum atomic E-state index is 14.1. The minimum Gasteiger partial charge on any atom is -0.393 e. The van der Waals surface area contributed by atoms with Crippen LogP contribution in [0.2, 0.25) is 0 Å². The van der Waals surface area contributed by atoms with E-state index in [9.17, 15) is 9.90 Å². The molecular weight excluding hydrogens is 380 g/mol. The number of ketones is 1. The van der Waals surface area contributed by atoms with E-state index >= 15 is 0 Å². The highest BCUT2D eigenvalue weighted by Gasteiger charge is 2.68. The molecule has 2 saturated carbocycles. The molecule has 2 fully saturated rings. The summed E-state index contributed by atoms with van der Waals surface area (Å²) in [7, 11) is 0. The zero-order chi connectivity index (χ0) is 22.6. The van der Waals surface area contributed by atoms with Gasteiger partial charge in [-0.1, -0.05) is 54.0 Å². The average Bonchev–Trinajstić information content (AvgIpc) is 2.66. The molecule has 0 aliphatic heterocycles. The summed E-state index contributed by atoms with van der Waals surface area (Å²) in [6.07, 6.45) is 12.0. The van der Waals surface area contributed by atoms with Crippen LogP contribution in [0.15, 0.2) is 22.8 Å². The van der Waals surface area contributed by atoms with E-state index in [2.05, 4.69) is 54.5 Å². The van der Waals surface area contributed by atoms with Gasteiger partial charge in [-0.05, 0) is 108 Å². The van der Waals surface area contributed by atoms with E-state index in [-0.39, 0.29) is 33.7 Å². The molecule has 0 amide bonds. The molecular formula is C29H44O2. The maximum Gasteiger partial charge on any atom is 0.160 e. The van der Waals surface area contributed by atoms with Crippen LogP contribution in [0, 0.1) is 38.9 Å². The summed E-state index contributed by atoms with van der Waals surface area (Å²) in [4.78, 5) is 14.1. The molecule has 6 atom stereocenters. The highest BCUT2D eigenvalue weighted by atomic mass is 16.3. The molecule has 2 nitrogen and oxygen atoms in total. The third-order valence-corrected chi connectivity index (χ3v) is 11.6. The van der Waals surface area contributed by atoms with Crippen LogP contribution in [0.1, 0.15) is 106 Å². The molecule has 0 radical (unpaired) electrons. The lowest BCUT2D eigenvalue weighted by molar-refractivity contribution is -0.195. The van der Waals surface area contributed by atoms with E-state index < -0.39 is 0 Å². The third-order valence-electron chi connectivity index (χ3n) is 11.6. The molecule has 0 saturated heterocycles. The van der Waals surface area contributed by atoms with Crippen molar-refractivity contribution in [3.8, 4) is 0 Å². The standard InChI is InChI=1S/C29H44O2/c1-25(2)12-8-18-9-14-28(6)20(19(18)17-25)16-21(30)24-27(5)13-11-23(31)26(3,4)22(27)10-15-29(24,28)7/h16,22-24,31H,8-15,17H2,1-7H3/t22-,23-,24+,27-,28+,29+/m0/s1. The molecule has 2 heteroatoms. The summed E-state index contributed by atoms with van der Waals surface area (Å²) in [5.74, 6) is 0.890. The number of rotatable bonds is 0. The molecule has 1 N–H and O–H groups in total. The Bertz CT molecular complexity index is 888. The second-order valence-electron chi connectivity index (χ2n) is 14.0. The second-order valence-corrected chi connectivity index (χ2v) is 14.0. The van der Waals surface area contributed by atoms with Gasteiger partial charge in [0.25, 0.3) is 0 Å². The zero-order valence-corrected chi connectivity index (χ0v) is 21.0. The van der Waals surface area contributed by atoms with Gasteiger partial charge in [0, 0.05) is 5.92 Å². The Morgan fingerprint density at radius 2 is 1.58 bits per heavy atom. The van der Waals surface area contributed by atoms with Crippen LogP contribution in [0.4, 0.5) is 0 Å². The maximum absolute atomic E-state index is 14.1. The summed E-state index contributed by atoms with van der Waals surface area (Å²) in [6, 6.07) is 0. The number of hydrogen-bond donors (Lipinski definition) is 1. The molecule has 5 rings (SSSR count). The van der Waals surface area contributed by atoms with Gasteiger partial charge in [0.05, 0.1) is 6.10 Å². The number of allylic oxidation sites excluding steroid dienone is 4. The van der Waals surface area contributed by atoms with Gasteiger partial charge < -0.3 is 5.11 Å². The normalized spacial score (nSPS) is 48.2. The molecule has 5 aliphatic rings. The predicted molar refractivity (Wildman–Crippen MR) is 127 cm³/mol. The van der Waals surface area contributed by atoms with Gasteiger partial charge in [-0.25, -0.2) is 0 Å². The summed E-state index contributed by atoms with van der Waals surface area (Å²) in [5, 5.41) is 10.8. The Balaban J connectivity index is 1.64. The van der Waals surface area contributed by atoms with Crippen LogP contribution in [-0.4, -0.2) is 17.0 Å². The van der Waals surface area contributed by atoms with Crippen molar-refractivity contribution in [1.29, 1.82) is 0 Å². The second kappa shape index (κ2) is 6.37. The smallest absolute Gasteiger partial charge is 0.160 e. The van der Waals surface area contributed by atoms with Gasteiger partial charge in [0.1, 0.15) is 0 Å². The first kappa shape index (κ1) is 21.9. The average molecular weight is 425 g/mol. The Morgan fingerprint density at radius 1 is 0.903 bits per heavy atom. The van der Waals surface area contributed by atoms with Crippen LogP contribution in [0.3, 0.4) is 0 Å². The monoisotopic (exact) mass is 424 g/mol. The molecule has 5 aliphatic carbocycles. The quantitative estimate of drug-likeness (QED) is 0.453. The van der Waals surface area contributed by atoms with Gasteiger partial charge in [-0.3, -0.25) is 4.79 Å². The fourth-order valence-electron chi connectivity index (χ4n) is 9.50. The molecule has 0 aromatic heterocycles. The van der Waals surface area contributed by atoms with Crippen molar-refractivity contribution >= 4 is 5.78 Å². The highest BCUT2D eigenvalue weighted by Crippen LogP contribution is 2.73. The molecule has 0 spiro atoms. The number of carbonyl (C=O) groups excluding carboxylic acids is 1. The van der Waals surface area contributed by atoms with Crippen LogP contribution in [-0.2, 0) is 4.79 Å². The van der Waals surface area contributed by atoms with Crippen molar-refractivity contribution < 1.29 is 9.90 Å². The van der Waals surface area contributed by atoms with Gasteiger partial charge in [0.15, 0.2) is 5.78 Å². The van der Waals surface area contributed by atoms with Crippen molar-refractivity contribution in [1.82, 2.24) is 0 Å². The van der Waals surface area contributed by atoms with Gasteiger partial charge in [-0.15, -0.1) is 0 Å². The van der Waals surface area contributed by atoms with E-state index in [1.54, 1.807) is 11.1 Å². The predicted octanol–water partition coefficient (Wildman–Crippen LogP) is 7.02. The molecule has 0 aromatic rings. The van der Waals surface area contributed by atoms with E-state index in [1.807, 2.05) is 0 Å². The van der Waals surface area contributed by atoms with E-state index in [1.165, 1.54) is 31.3 Å². The lowest BCUT2D eigenvalue weighted by Gasteiger charge is -2.68. The lowest BCUT2D eigenvalue weighted by Crippen LogP contribution is -2.65. The van der Waals surface area contributed by atoms with E-state index in [0.717, 1.165) is 32.1 Å². The van der Waals surface area contributed by atoms with Crippen LogP contribution >= 0.6 is 0 Å². The number of fused-ring (bicyclic) bond motifs is 6. The number of aliphatic hydroxyl groups is 1. The first-order valence-electron chi connectivity index (χ1n) is 12.9. The third kappa shape index (κ3) is 2.69. The summed E-state index contributed by atoms with van der Waals surface area (Å²) >= 11 is 0. The number of hydrogen-bond acceptors (Lipinski definition) is 2. The summed E-state index contributed by atoms with van der Waals surface area (Å²) in [5.41, 5.74) is 4.94. The van der Waals surface area contributed by atoms with Crippen molar-refractivity contribution in [2.45, 2.75) is 112 Å².